The maximum absolute atomic E-state index is 11.8. The van der Waals surface area contributed by atoms with Gasteiger partial charge in [0.25, 0.3) is 0 Å². The van der Waals surface area contributed by atoms with Crippen LogP contribution in [-0.2, 0) is 19.5 Å². The predicted octanol–water partition coefficient (Wildman–Crippen LogP) is 3.93. The molecule has 0 atom stereocenters. The molecule has 5 heteroatoms. The average molecular weight is 363 g/mol. The molecule has 124 valence electrons. The molecule has 2 aromatic carbocycles. The zero-order valence-corrected chi connectivity index (χ0v) is 14.8. The Morgan fingerprint density at radius 1 is 1.00 bits per heavy atom. The van der Waals surface area contributed by atoms with Crippen molar-refractivity contribution < 1.29 is 9.73 Å². The minimum Gasteiger partial charge on any atom is -0.423 e. The van der Waals surface area contributed by atoms with Crippen molar-refractivity contribution in [3.05, 3.63) is 79.6 Å². The number of benzene rings is 2. The lowest BCUT2D eigenvalue weighted by molar-refractivity contribution is -0.686. The van der Waals surface area contributed by atoms with Gasteiger partial charge in [0.15, 0.2) is 0 Å². The highest BCUT2D eigenvalue weighted by Crippen LogP contribution is 2.21. The lowest BCUT2D eigenvalue weighted by Gasteiger charge is -2.07. The zero-order chi connectivity index (χ0) is 17.1. The smallest absolute Gasteiger partial charge is 0.336 e. The van der Waals surface area contributed by atoms with Crippen molar-refractivity contribution in [1.29, 1.82) is 0 Å². The molecule has 0 bridgehead atoms. The number of nitrogens with two attached hydrogens (primary N) is 1. The van der Waals surface area contributed by atoms with Gasteiger partial charge in [-0.25, -0.2) is 4.79 Å². The van der Waals surface area contributed by atoms with Gasteiger partial charge >= 0.3 is 5.63 Å². The second-order valence-corrected chi connectivity index (χ2v) is 6.55. The highest BCUT2D eigenvalue weighted by molar-refractivity contribution is 6.35. The Bertz CT molecular complexity index is 934. The second-order valence-electron chi connectivity index (χ2n) is 5.71. The number of quaternary nitrogens is 1. The van der Waals surface area contributed by atoms with E-state index >= 15 is 0 Å². The van der Waals surface area contributed by atoms with Crippen LogP contribution >= 0.6 is 23.2 Å². The fourth-order valence-electron chi connectivity index (χ4n) is 2.73. The number of rotatable bonds is 5. The van der Waals surface area contributed by atoms with E-state index in [1.54, 1.807) is 12.1 Å². The van der Waals surface area contributed by atoms with E-state index in [1.807, 2.05) is 24.3 Å². The Labute approximate surface area is 150 Å². The molecule has 0 radical (unpaired) electrons. The molecule has 0 aliphatic rings. The SMILES string of the molecule is CCc1ccc2c(C[NH2+]Cc3ccc(Cl)cc3Cl)cc(=O)oc2c1. The van der Waals surface area contributed by atoms with Crippen LogP contribution in [0.5, 0.6) is 0 Å². The standard InChI is InChI=1S/C19H17Cl2NO2/c1-2-12-3-6-16-14(8-19(23)24-18(16)7-12)11-22-10-13-4-5-15(20)9-17(13)21/h3-9,22H,2,10-11H2,1H3/p+1. The first kappa shape index (κ1) is 17.0. The number of hydrogen-bond acceptors (Lipinski definition) is 2. The summed E-state index contributed by atoms with van der Waals surface area (Å²) in [6.07, 6.45) is 0.908. The van der Waals surface area contributed by atoms with Crippen molar-refractivity contribution in [3.63, 3.8) is 0 Å². The highest BCUT2D eigenvalue weighted by Gasteiger charge is 2.09. The van der Waals surface area contributed by atoms with Crippen LogP contribution in [0.3, 0.4) is 0 Å². The maximum atomic E-state index is 11.8. The Morgan fingerprint density at radius 3 is 2.54 bits per heavy atom. The van der Waals surface area contributed by atoms with Crippen LogP contribution in [0.1, 0.15) is 23.6 Å². The highest BCUT2D eigenvalue weighted by atomic mass is 35.5. The largest absolute Gasteiger partial charge is 0.423 e. The molecule has 0 saturated carbocycles. The molecule has 3 nitrogen and oxygen atoms in total. The molecule has 24 heavy (non-hydrogen) atoms. The first-order chi connectivity index (χ1) is 11.6. The van der Waals surface area contributed by atoms with E-state index in [4.69, 9.17) is 27.6 Å². The van der Waals surface area contributed by atoms with Crippen LogP contribution in [0.2, 0.25) is 10.0 Å². The molecule has 3 rings (SSSR count). The third-order valence-corrected chi connectivity index (χ3v) is 4.63. The second kappa shape index (κ2) is 7.39. The number of halogens is 2. The summed E-state index contributed by atoms with van der Waals surface area (Å²) in [4.78, 5) is 11.8. The Kier molecular flexibility index (Phi) is 5.24. The Hall–Kier alpha value is -1.81. The van der Waals surface area contributed by atoms with Gasteiger partial charge in [0.1, 0.15) is 18.7 Å². The predicted molar refractivity (Wildman–Crippen MR) is 97.7 cm³/mol. The van der Waals surface area contributed by atoms with Crippen molar-refractivity contribution in [2.75, 3.05) is 0 Å². The molecule has 0 unspecified atom stereocenters. The van der Waals surface area contributed by atoms with Gasteiger partial charge in [0.2, 0.25) is 0 Å². The molecule has 0 spiro atoms. The van der Waals surface area contributed by atoms with E-state index in [0.717, 1.165) is 28.5 Å². The first-order valence-electron chi connectivity index (χ1n) is 7.88. The minimum absolute atomic E-state index is 0.316. The summed E-state index contributed by atoms with van der Waals surface area (Å²) < 4.78 is 5.34. The Balaban J connectivity index is 1.81. The third kappa shape index (κ3) is 3.81. The van der Waals surface area contributed by atoms with E-state index in [-0.39, 0.29) is 5.63 Å². The summed E-state index contributed by atoms with van der Waals surface area (Å²) >= 11 is 12.1. The molecular weight excluding hydrogens is 345 g/mol. The monoisotopic (exact) mass is 362 g/mol. The summed E-state index contributed by atoms with van der Waals surface area (Å²) in [5.41, 5.74) is 3.47. The van der Waals surface area contributed by atoms with E-state index in [9.17, 15) is 4.79 Å². The zero-order valence-electron chi connectivity index (χ0n) is 13.3. The summed E-state index contributed by atoms with van der Waals surface area (Å²) in [7, 11) is 0. The van der Waals surface area contributed by atoms with Gasteiger partial charge in [-0.05, 0) is 30.2 Å². The van der Waals surface area contributed by atoms with E-state index in [0.29, 0.717) is 28.7 Å². The van der Waals surface area contributed by atoms with Crippen molar-refractivity contribution in [2.45, 2.75) is 26.4 Å². The van der Waals surface area contributed by atoms with Gasteiger partial charge in [-0.1, -0.05) is 48.3 Å². The normalized spacial score (nSPS) is 11.1. The molecule has 0 amide bonds. The van der Waals surface area contributed by atoms with Gasteiger partial charge < -0.3 is 9.73 Å². The molecule has 3 aromatic rings. The lowest BCUT2D eigenvalue weighted by atomic mass is 10.1. The number of aryl methyl sites for hydroxylation is 1. The van der Waals surface area contributed by atoms with Gasteiger partial charge in [-0.15, -0.1) is 0 Å². The summed E-state index contributed by atoms with van der Waals surface area (Å²) in [5, 5.41) is 4.37. The summed E-state index contributed by atoms with van der Waals surface area (Å²) in [6.45, 7) is 3.46. The molecular formula is C19H18Cl2NO2+. The molecule has 0 aliphatic carbocycles. The van der Waals surface area contributed by atoms with E-state index in [2.05, 4.69) is 18.3 Å². The number of hydrogen-bond donors (Lipinski definition) is 1. The number of fused-ring (bicyclic) bond motifs is 1. The van der Waals surface area contributed by atoms with Gasteiger partial charge in [-0.3, -0.25) is 0 Å². The molecule has 1 aromatic heterocycles. The third-order valence-electron chi connectivity index (χ3n) is 4.05. The fourth-order valence-corrected chi connectivity index (χ4v) is 3.22. The molecule has 0 saturated heterocycles. The summed E-state index contributed by atoms with van der Waals surface area (Å²) in [6, 6.07) is 13.1. The van der Waals surface area contributed by atoms with Crippen LogP contribution < -0.4 is 10.9 Å². The van der Waals surface area contributed by atoms with Crippen molar-refractivity contribution in [1.82, 2.24) is 0 Å². The van der Waals surface area contributed by atoms with E-state index in [1.165, 1.54) is 0 Å². The molecule has 2 N–H and O–H groups in total. The minimum atomic E-state index is -0.316. The average Bonchev–Trinajstić information content (AvgIpc) is 2.56. The van der Waals surface area contributed by atoms with E-state index < -0.39 is 0 Å². The van der Waals surface area contributed by atoms with Crippen molar-refractivity contribution in [3.8, 4) is 0 Å². The first-order valence-corrected chi connectivity index (χ1v) is 8.63. The van der Waals surface area contributed by atoms with Crippen molar-refractivity contribution >= 4 is 34.2 Å². The fraction of sp³-hybridized carbons (Fsp3) is 0.211. The van der Waals surface area contributed by atoms with Gasteiger partial charge in [0, 0.05) is 27.6 Å². The molecule has 0 aliphatic heterocycles. The van der Waals surface area contributed by atoms with Crippen LogP contribution in [0.4, 0.5) is 0 Å². The quantitative estimate of drug-likeness (QED) is 0.699. The van der Waals surface area contributed by atoms with Crippen LogP contribution in [0.25, 0.3) is 11.0 Å². The maximum Gasteiger partial charge on any atom is 0.336 e. The molecule has 1 heterocycles. The Morgan fingerprint density at radius 2 is 1.79 bits per heavy atom. The molecule has 0 fully saturated rings. The van der Waals surface area contributed by atoms with Gasteiger partial charge in [0.05, 0.1) is 5.02 Å². The van der Waals surface area contributed by atoms with Crippen molar-refractivity contribution in [2.24, 2.45) is 0 Å². The topological polar surface area (TPSA) is 46.8 Å². The van der Waals surface area contributed by atoms with Crippen LogP contribution in [0.15, 0.2) is 51.7 Å². The van der Waals surface area contributed by atoms with Crippen LogP contribution in [-0.4, -0.2) is 0 Å². The summed E-state index contributed by atoms with van der Waals surface area (Å²) in [5.74, 6) is 0. The van der Waals surface area contributed by atoms with Crippen LogP contribution in [0, 0.1) is 0 Å². The lowest BCUT2D eigenvalue weighted by Crippen LogP contribution is -2.80. The van der Waals surface area contributed by atoms with Gasteiger partial charge in [-0.2, -0.15) is 0 Å².